The lowest BCUT2D eigenvalue weighted by molar-refractivity contribution is -0.127. The third kappa shape index (κ3) is 2.25. The van der Waals surface area contributed by atoms with E-state index in [2.05, 4.69) is 17.4 Å². The van der Waals surface area contributed by atoms with E-state index in [1.54, 1.807) is 11.8 Å². The van der Waals surface area contributed by atoms with Crippen LogP contribution in [0.4, 0.5) is 0 Å². The SMILES string of the molecule is O=C1C[C@@H](CSc2ccccc2)N1. The summed E-state index contributed by atoms with van der Waals surface area (Å²) >= 11 is 1.79. The average Bonchev–Trinajstić information content (AvgIpc) is 2.12. The lowest BCUT2D eigenvalue weighted by Gasteiger charge is -2.26. The molecule has 1 aromatic carbocycles. The van der Waals surface area contributed by atoms with Crippen molar-refractivity contribution >= 4 is 17.7 Å². The standard InChI is InChI=1S/C10H11NOS/c12-10-6-8(11-10)7-13-9-4-2-1-3-5-9/h1-5,8H,6-7H2,(H,11,12)/t8-/m0/s1. The number of carbonyl (C=O) groups is 1. The van der Waals surface area contributed by atoms with Crippen molar-refractivity contribution in [3.8, 4) is 0 Å². The quantitative estimate of drug-likeness (QED) is 0.584. The maximum absolute atomic E-state index is 10.6. The Kier molecular flexibility index (Phi) is 2.54. The van der Waals surface area contributed by atoms with E-state index in [4.69, 9.17) is 0 Å². The lowest BCUT2D eigenvalue weighted by atomic mass is 10.1. The third-order valence-electron chi connectivity index (χ3n) is 1.99. The van der Waals surface area contributed by atoms with Gasteiger partial charge in [-0.05, 0) is 12.1 Å². The van der Waals surface area contributed by atoms with E-state index in [1.807, 2.05) is 18.2 Å². The van der Waals surface area contributed by atoms with E-state index in [1.165, 1.54) is 4.90 Å². The number of thioether (sulfide) groups is 1. The molecule has 0 aromatic heterocycles. The molecule has 0 unspecified atom stereocenters. The van der Waals surface area contributed by atoms with Crippen LogP contribution in [0, 0.1) is 0 Å². The van der Waals surface area contributed by atoms with Crippen LogP contribution in [0.25, 0.3) is 0 Å². The van der Waals surface area contributed by atoms with Crippen LogP contribution in [0.3, 0.4) is 0 Å². The smallest absolute Gasteiger partial charge is 0.222 e. The van der Waals surface area contributed by atoms with E-state index >= 15 is 0 Å². The van der Waals surface area contributed by atoms with Gasteiger partial charge in [-0.3, -0.25) is 4.79 Å². The molecule has 2 nitrogen and oxygen atoms in total. The van der Waals surface area contributed by atoms with E-state index in [9.17, 15) is 4.79 Å². The van der Waals surface area contributed by atoms with Crippen LogP contribution in [-0.2, 0) is 4.79 Å². The first kappa shape index (κ1) is 8.63. The number of amides is 1. The van der Waals surface area contributed by atoms with Crippen molar-refractivity contribution in [3.05, 3.63) is 30.3 Å². The van der Waals surface area contributed by atoms with Crippen molar-refractivity contribution in [1.29, 1.82) is 0 Å². The average molecular weight is 193 g/mol. The molecule has 68 valence electrons. The Morgan fingerprint density at radius 2 is 2.08 bits per heavy atom. The summed E-state index contributed by atoms with van der Waals surface area (Å²) in [5, 5.41) is 2.85. The monoisotopic (exact) mass is 193 g/mol. The predicted octanol–water partition coefficient (Wildman–Crippen LogP) is 1.67. The van der Waals surface area contributed by atoms with Gasteiger partial charge in [0.05, 0.1) is 0 Å². The van der Waals surface area contributed by atoms with Crippen molar-refractivity contribution in [2.75, 3.05) is 5.75 Å². The lowest BCUT2D eigenvalue weighted by Crippen LogP contribution is -2.49. The molecule has 0 aliphatic carbocycles. The molecule has 1 heterocycles. The van der Waals surface area contributed by atoms with Gasteiger partial charge in [-0.2, -0.15) is 0 Å². The van der Waals surface area contributed by atoms with Gasteiger partial charge in [0.15, 0.2) is 0 Å². The number of hydrogen-bond donors (Lipinski definition) is 1. The molecule has 0 bridgehead atoms. The van der Waals surface area contributed by atoms with Crippen molar-refractivity contribution in [1.82, 2.24) is 5.32 Å². The van der Waals surface area contributed by atoms with Crippen LogP contribution in [0.1, 0.15) is 6.42 Å². The first-order valence-corrected chi connectivity index (χ1v) is 5.30. The van der Waals surface area contributed by atoms with Gasteiger partial charge in [0.25, 0.3) is 0 Å². The Labute approximate surface area is 81.7 Å². The van der Waals surface area contributed by atoms with Gasteiger partial charge in [-0.1, -0.05) is 18.2 Å². The molecule has 3 heteroatoms. The number of hydrogen-bond acceptors (Lipinski definition) is 2. The highest BCUT2D eigenvalue weighted by atomic mass is 32.2. The molecular weight excluding hydrogens is 182 g/mol. The number of benzene rings is 1. The minimum atomic E-state index is 0.179. The molecule has 1 N–H and O–H groups in total. The number of nitrogens with one attached hydrogen (secondary N) is 1. The predicted molar refractivity (Wildman–Crippen MR) is 53.7 cm³/mol. The summed E-state index contributed by atoms with van der Waals surface area (Å²) in [6.45, 7) is 0. The first-order chi connectivity index (χ1) is 6.34. The summed E-state index contributed by atoms with van der Waals surface area (Å²) in [6.07, 6.45) is 0.694. The highest BCUT2D eigenvalue weighted by molar-refractivity contribution is 7.99. The summed E-state index contributed by atoms with van der Waals surface area (Å²) in [7, 11) is 0. The molecule has 0 saturated carbocycles. The second-order valence-electron chi connectivity index (χ2n) is 3.09. The zero-order valence-corrected chi connectivity index (χ0v) is 8.01. The minimum absolute atomic E-state index is 0.179. The largest absolute Gasteiger partial charge is 0.352 e. The molecule has 1 fully saturated rings. The van der Waals surface area contributed by atoms with E-state index < -0.39 is 0 Å². The number of β-lactam (4-membered cyclic amide) rings is 1. The fourth-order valence-electron chi connectivity index (χ4n) is 1.24. The Balaban J connectivity index is 1.77. The Bertz CT molecular complexity index is 291. The van der Waals surface area contributed by atoms with Gasteiger partial charge >= 0.3 is 0 Å². The summed E-state index contributed by atoms with van der Waals surface area (Å²) in [6, 6.07) is 10.6. The van der Waals surface area contributed by atoms with Gasteiger partial charge in [-0.25, -0.2) is 0 Å². The molecule has 0 spiro atoms. The van der Waals surface area contributed by atoms with Gasteiger partial charge in [0.2, 0.25) is 5.91 Å². The molecule has 1 atom stereocenters. The molecule has 1 aromatic rings. The zero-order valence-electron chi connectivity index (χ0n) is 7.19. The Hall–Kier alpha value is -0.960. The Morgan fingerprint density at radius 3 is 2.69 bits per heavy atom. The maximum atomic E-state index is 10.6. The molecule has 0 radical (unpaired) electrons. The van der Waals surface area contributed by atoms with Gasteiger partial charge in [0, 0.05) is 23.1 Å². The second-order valence-corrected chi connectivity index (χ2v) is 4.19. The van der Waals surface area contributed by atoms with Gasteiger partial charge in [-0.15, -0.1) is 11.8 Å². The highest BCUT2D eigenvalue weighted by Gasteiger charge is 2.24. The topological polar surface area (TPSA) is 29.1 Å². The Morgan fingerprint density at radius 1 is 1.38 bits per heavy atom. The van der Waals surface area contributed by atoms with Crippen LogP contribution in [-0.4, -0.2) is 17.7 Å². The van der Waals surface area contributed by atoms with Crippen molar-refractivity contribution in [2.24, 2.45) is 0 Å². The fourth-order valence-corrected chi connectivity index (χ4v) is 2.19. The summed E-state index contributed by atoms with van der Waals surface area (Å²) in [5.41, 5.74) is 0. The third-order valence-corrected chi connectivity index (χ3v) is 3.17. The van der Waals surface area contributed by atoms with E-state index in [0.717, 1.165) is 5.75 Å². The molecule has 13 heavy (non-hydrogen) atoms. The molecule has 2 rings (SSSR count). The first-order valence-electron chi connectivity index (χ1n) is 4.32. The van der Waals surface area contributed by atoms with Crippen LogP contribution < -0.4 is 5.32 Å². The number of rotatable bonds is 3. The van der Waals surface area contributed by atoms with E-state index in [-0.39, 0.29) is 5.91 Å². The fraction of sp³-hybridized carbons (Fsp3) is 0.300. The van der Waals surface area contributed by atoms with Crippen molar-refractivity contribution in [2.45, 2.75) is 17.4 Å². The zero-order chi connectivity index (χ0) is 9.10. The minimum Gasteiger partial charge on any atom is -0.352 e. The van der Waals surface area contributed by atoms with Crippen LogP contribution in [0.5, 0.6) is 0 Å². The number of carbonyl (C=O) groups excluding carboxylic acids is 1. The molecule has 1 aliphatic heterocycles. The second kappa shape index (κ2) is 3.83. The summed E-state index contributed by atoms with van der Waals surface area (Å²) < 4.78 is 0. The van der Waals surface area contributed by atoms with Crippen LogP contribution in [0.15, 0.2) is 35.2 Å². The molecule has 1 saturated heterocycles. The van der Waals surface area contributed by atoms with Crippen LogP contribution >= 0.6 is 11.8 Å². The maximum Gasteiger partial charge on any atom is 0.222 e. The van der Waals surface area contributed by atoms with Crippen LogP contribution in [0.2, 0.25) is 0 Å². The van der Waals surface area contributed by atoms with Crippen molar-refractivity contribution in [3.63, 3.8) is 0 Å². The van der Waals surface area contributed by atoms with Gasteiger partial charge in [0.1, 0.15) is 0 Å². The normalized spacial score (nSPS) is 20.6. The summed E-state index contributed by atoms with van der Waals surface area (Å²) in [5.74, 6) is 1.16. The summed E-state index contributed by atoms with van der Waals surface area (Å²) in [4.78, 5) is 11.9. The van der Waals surface area contributed by atoms with Gasteiger partial charge < -0.3 is 5.32 Å². The molecule has 1 amide bonds. The molecule has 1 aliphatic rings. The van der Waals surface area contributed by atoms with Crippen molar-refractivity contribution < 1.29 is 4.79 Å². The van der Waals surface area contributed by atoms with E-state index in [0.29, 0.717) is 12.5 Å². The molecular formula is C10H11NOS. The highest BCUT2D eigenvalue weighted by Crippen LogP contribution is 2.20.